The summed E-state index contributed by atoms with van der Waals surface area (Å²) < 4.78 is 44.9. The van der Waals surface area contributed by atoms with Crippen LogP contribution in [0, 0.1) is 0 Å². The van der Waals surface area contributed by atoms with Crippen LogP contribution < -0.4 is 0 Å². The largest absolute Gasteiger partial charge is 0.389 e. The molecule has 0 spiro atoms. The summed E-state index contributed by atoms with van der Waals surface area (Å²) in [6, 6.07) is 0. The number of halogens is 3. The smallest absolute Gasteiger partial charge is 0.302 e. The maximum atomic E-state index is 12.0. The van der Waals surface area contributed by atoms with Gasteiger partial charge in [-0.15, -0.1) is 11.8 Å². The molecule has 0 fully saturated rings. The van der Waals surface area contributed by atoms with Crippen LogP contribution in [0.1, 0.15) is 37.8 Å². The standard InChI is InChI=1S/C14H20F3N3S2/c1-20-8-5-6-11(10-20)12-13(19-22-18-12)21-9-4-2-3-7-14(15,16)17/h6H,2-5,7-10H2,1H3. The Bertz CT molecular complexity index is 500. The second-order valence-corrected chi connectivity index (χ2v) is 7.06. The molecule has 0 bridgehead atoms. The molecule has 0 unspecified atom stereocenters. The summed E-state index contributed by atoms with van der Waals surface area (Å²) in [5, 5.41) is 0.919. The minimum absolute atomic E-state index is 0.210. The van der Waals surface area contributed by atoms with Gasteiger partial charge in [0, 0.05) is 19.5 Å². The quantitative estimate of drug-likeness (QED) is 0.535. The van der Waals surface area contributed by atoms with E-state index in [9.17, 15) is 13.2 Å². The van der Waals surface area contributed by atoms with Gasteiger partial charge in [0.1, 0.15) is 10.7 Å². The van der Waals surface area contributed by atoms with Gasteiger partial charge in [0.2, 0.25) is 0 Å². The Balaban J connectivity index is 1.75. The van der Waals surface area contributed by atoms with E-state index < -0.39 is 12.6 Å². The number of likely N-dealkylation sites (N-methyl/N-ethyl adjacent to an activating group) is 1. The van der Waals surface area contributed by atoms with Crippen molar-refractivity contribution in [2.45, 2.75) is 43.3 Å². The zero-order chi connectivity index (χ0) is 16.0. The van der Waals surface area contributed by atoms with Gasteiger partial charge < -0.3 is 4.90 Å². The highest BCUT2D eigenvalue weighted by Gasteiger charge is 2.25. The third kappa shape index (κ3) is 5.89. The summed E-state index contributed by atoms with van der Waals surface area (Å²) in [6.07, 6.45) is 0.109. The van der Waals surface area contributed by atoms with E-state index >= 15 is 0 Å². The molecule has 2 rings (SSSR count). The molecule has 0 amide bonds. The molecule has 0 saturated carbocycles. The second kappa shape index (κ2) is 8.31. The van der Waals surface area contributed by atoms with Gasteiger partial charge >= 0.3 is 6.18 Å². The molecule has 1 aliphatic heterocycles. The van der Waals surface area contributed by atoms with Gasteiger partial charge in [-0.25, -0.2) is 0 Å². The van der Waals surface area contributed by atoms with Crippen molar-refractivity contribution in [2.75, 3.05) is 25.9 Å². The maximum Gasteiger partial charge on any atom is 0.389 e. The Kier molecular flexibility index (Phi) is 6.70. The molecule has 2 heterocycles. The van der Waals surface area contributed by atoms with Gasteiger partial charge in [-0.05, 0) is 37.6 Å². The van der Waals surface area contributed by atoms with E-state index in [1.165, 1.54) is 17.3 Å². The zero-order valence-corrected chi connectivity index (χ0v) is 14.2. The van der Waals surface area contributed by atoms with E-state index in [0.29, 0.717) is 6.42 Å². The van der Waals surface area contributed by atoms with Crippen LogP contribution in [0.5, 0.6) is 0 Å². The lowest BCUT2D eigenvalue weighted by molar-refractivity contribution is -0.135. The molecule has 0 aromatic carbocycles. The molecule has 0 radical (unpaired) electrons. The van der Waals surface area contributed by atoms with E-state index in [-0.39, 0.29) is 6.42 Å². The molecule has 22 heavy (non-hydrogen) atoms. The molecule has 1 aromatic rings. The lowest BCUT2D eigenvalue weighted by atomic mass is 10.1. The van der Waals surface area contributed by atoms with E-state index in [1.807, 2.05) is 0 Å². The average Bonchev–Trinajstić information content (AvgIpc) is 2.90. The first-order valence-corrected chi connectivity index (χ1v) is 9.07. The molecule has 0 N–H and O–H groups in total. The van der Waals surface area contributed by atoms with Crippen molar-refractivity contribution in [1.29, 1.82) is 0 Å². The Morgan fingerprint density at radius 1 is 1.27 bits per heavy atom. The van der Waals surface area contributed by atoms with Crippen LogP contribution in [0.3, 0.4) is 0 Å². The summed E-state index contributed by atoms with van der Waals surface area (Å²) in [7, 11) is 2.08. The third-order valence-electron chi connectivity index (χ3n) is 3.45. The van der Waals surface area contributed by atoms with Crippen LogP contribution in [0.4, 0.5) is 13.2 Å². The summed E-state index contributed by atoms with van der Waals surface area (Å²) in [5.41, 5.74) is 2.17. The fraction of sp³-hybridized carbons (Fsp3) is 0.714. The number of hydrogen-bond donors (Lipinski definition) is 0. The maximum absolute atomic E-state index is 12.0. The van der Waals surface area contributed by atoms with Crippen LogP contribution in [-0.2, 0) is 0 Å². The highest BCUT2D eigenvalue weighted by Crippen LogP contribution is 2.30. The van der Waals surface area contributed by atoms with Crippen molar-refractivity contribution in [2.24, 2.45) is 0 Å². The Morgan fingerprint density at radius 3 is 2.82 bits per heavy atom. The number of alkyl halides is 3. The van der Waals surface area contributed by atoms with E-state index in [4.69, 9.17) is 0 Å². The van der Waals surface area contributed by atoms with Crippen molar-refractivity contribution in [3.8, 4) is 0 Å². The second-order valence-electron chi connectivity index (χ2n) is 5.45. The van der Waals surface area contributed by atoms with Crippen LogP contribution in [-0.4, -0.2) is 45.7 Å². The number of aromatic nitrogens is 2. The topological polar surface area (TPSA) is 29.0 Å². The van der Waals surface area contributed by atoms with Crippen molar-refractivity contribution in [3.05, 3.63) is 11.8 Å². The Morgan fingerprint density at radius 2 is 2.09 bits per heavy atom. The van der Waals surface area contributed by atoms with Crippen LogP contribution in [0.15, 0.2) is 11.1 Å². The SMILES string of the molecule is CN1CCC=C(c2nsnc2SCCCCCC(F)(F)F)C1. The van der Waals surface area contributed by atoms with Gasteiger partial charge in [-0.1, -0.05) is 12.5 Å². The first-order valence-electron chi connectivity index (χ1n) is 7.36. The summed E-state index contributed by atoms with van der Waals surface area (Å²) in [5.74, 6) is 0.791. The fourth-order valence-corrected chi connectivity index (χ4v) is 4.02. The molecular formula is C14H20F3N3S2. The van der Waals surface area contributed by atoms with Crippen molar-refractivity contribution in [1.82, 2.24) is 13.6 Å². The van der Waals surface area contributed by atoms with E-state index in [1.54, 1.807) is 11.8 Å². The molecule has 1 aromatic heterocycles. The Hall–Kier alpha value is -0.600. The molecule has 8 heteroatoms. The van der Waals surface area contributed by atoms with Crippen molar-refractivity contribution >= 4 is 29.1 Å². The average molecular weight is 351 g/mol. The highest BCUT2D eigenvalue weighted by atomic mass is 32.2. The summed E-state index contributed by atoms with van der Waals surface area (Å²) in [4.78, 5) is 2.25. The lowest BCUT2D eigenvalue weighted by Crippen LogP contribution is -2.25. The fourth-order valence-electron chi connectivity index (χ4n) is 2.31. The molecular weight excluding hydrogens is 331 g/mol. The number of hydrogen-bond acceptors (Lipinski definition) is 5. The monoisotopic (exact) mass is 351 g/mol. The van der Waals surface area contributed by atoms with Crippen molar-refractivity contribution in [3.63, 3.8) is 0 Å². The molecule has 0 saturated heterocycles. The molecule has 124 valence electrons. The molecule has 0 atom stereocenters. The van der Waals surface area contributed by atoms with E-state index in [0.717, 1.165) is 42.4 Å². The summed E-state index contributed by atoms with van der Waals surface area (Å²) in [6.45, 7) is 1.94. The normalized spacial score (nSPS) is 16.8. The first kappa shape index (κ1) is 17.7. The van der Waals surface area contributed by atoms with Crippen LogP contribution in [0.25, 0.3) is 5.57 Å². The Labute approximate surface area is 137 Å². The zero-order valence-electron chi connectivity index (χ0n) is 12.5. The highest BCUT2D eigenvalue weighted by molar-refractivity contribution is 7.99. The third-order valence-corrected chi connectivity index (χ3v) is 5.14. The van der Waals surface area contributed by atoms with Gasteiger partial charge in [0.15, 0.2) is 0 Å². The van der Waals surface area contributed by atoms with Crippen molar-refractivity contribution < 1.29 is 13.2 Å². The van der Waals surface area contributed by atoms with Crippen LogP contribution >= 0.6 is 23.5 Å². The predicted molar refractivity (Wildman–Crippen MR) is 85.2 cm³/mol. The van der Waals surface area contributed by atoms with Crippen LogP contribution in [0.2, 0.25) is 0 Å². The summed E-state index contributed by atoms with van der Waals surface area (Å²) >= 11 is 2.81. The lowest BCUT2D eigenvalue weighted by Gasteiger charge is -2.22. The van der Waals surface area contributed by atoms with E-state index in [2.05, 4.69) is 26.8 Å². The minimum Gasteiger partial charge on any atom is -0.302 e. The van der Waals surface area contributed by atoms with Gasteiger partial charge in [0.05, 0.1) is 11.7 Å². The number of unbranched alkanes of at least 4 members (excludes halogenated alkanes) is 2. The van der Waals surface area contributed by atoms with Gasteiger partial charge in [0.25, 0.3) is 0 Å². The predicted octanol–water partition coefficient (Wildman–Crippen LogP) is 4.47. The number of thioether (sulfide) groups is 1. The van der Waals surface area contributed by atoms with Gasteiger partial charge in [-0.2, -0.15) is 21.9 Å². The minimum atomic E-state index is -4.03. The van der Waals surface area contributed by atoms with Gasteiger partial charge in [-0.3, -0.25) is 0 Å². The number of rotatable bonds is 7. The molecule has 1 aliphatic rings. The molecule has 0 aliphatic carbocycles. The first-order chi connectivity index (χ1) is 10.5. The molecule has 3 nitrogen and oxygen atoms in total. The number of nitrogens with zero attached hydrogens (tertiary/aromatic N) is 3.